The standard InChI is InChI=1S/C30H44N2O6/c1-3-37-29(35)28(30(36)38-4-2)27(15-17-31(19-21-33)23-25-11-7-5-8-12-25)16-18-32(20-22-34)24-26-13-9-6-10-14-26/h5-14,27-28,33-34H,3-4,15-24H2,1-2H3. The van der Waals surface area contributed by atoms with Crippen molar-refractivity contribution in [2.75, 3.05) is 52.6 Å². The van der Waals surface area contributed by atoms with E-state index in [9.17, 15) is 19.8 Å². The van der Waals surface area contributed by atoms with Gasteiger partial charge in [-0.15, -0.1) is 0 Å². The van der Waals surface area contributed by atoms with Crippen molar-refractivity contribution < 1.29 is 29.3 Å². The summed E-state index contributed by atoms with van der Waals surface area (Å²) in [5, 5.41) is 19.3. The fraction of sp³-hybridized carbons (Fsp3) is 0.533. The Labute approximate surface area is 227 Å². The summed E-state index contributed by atoms with van der Waals surface area (Å²) in [6.45, 7) is 7.28. The van der Waals surface area contributed by atoms with Crippen LogP contribution in [0.1, 0.15) is 37.8 Å². The first kappa shape index (κ1) is 31.4. The molecule has 0 bridgehead atoms. The summed E-state index contributed by atoms with van der Waals surface area (Å²) >= 11 is 0. The van der Waals surface area contributed by atoms with E-state index in [1.54, 1.807) is 13.8 Å². The van der Waals surface area contributed by atoms with Crippen LogP contribution >= 0.6 is 0 Å². The lowest BCUT2D eigenvalue weighted by atomic mass is 9.86. The molecule has 2 rings (SSSR count). The minimum atomic E-state index is -1.03. The van der Waals surface area contributed by atoms with E-state index in [1.807, 2.05) is 60.7 Å². The van der Waals surface area contributed by atoms with Crippen LogP contribution in [0.3, 0.4) is 0 Å². The van der Waals surface area contributed by atoms with Crippen molar-refractivity contribution in [1.29, 1.82) is 0 Å². The van der Waals surface area contributed by atoms with E-state index in [2.05, 4.69) is 9.80 Å². The predicted octanol–water partition coefficient (Wildman–Crippen LogP) is 3.11. The van der Waals surface area contributed by atoms with E-state index < -0.39 is 17.9 Å². The third-order valence-electron chi connectivity index (χ3n) is 6.52. The first-order valence-electron chi connectivity index (χ1n) is 13.6. The summed E-state index contributed by atoms with van der Waals surface area (Å²) in [6, 6.07) is 20.0. The third-order valence-corrected chi connectivity index (χ3v) is 6.52. The number of hydrogen-bond acceptors (Lipinski definition) is 8. The number of aliphatic hydroxyl groups excluding tert-OH is 2. The molecule has 0 amide bonds. The lowest BCUT2D eigenvalue weighted by Gasteiger charge is -2.30. The normalized spacial score (nSPS) is 11.5. The van der Waals surface area contributed by atoms with Gasteiger partial charge >= 0.3 is 11.9 Å². The average Bonchev–Trinajstić information content (AvgIpc) is 2.91. The molecule has 38 heavy (non-hydrogen) atoms. The molecule has 2 aromatic rings. The summed E-state index contributed by atoms with van der Waals surface area (Å²) < 4.78 is 10.6. The van der Waals surface area contributed by atoms with E-state index in [0.717, 1.165) is 11.1 Å². The van der Waals surface area contributed by atoms with Crippen LogP contribution < -0.4 is 0 Å². The van der Waals surface area contributed by atoms with Crippen molar-refractivity contribution in [3.8, 4) is 0 Å². The van der Waals surface area contributed by atoms with Crippen LogP contribution in [0.5, 0.6) is 0 Å². The maximum Gasteiger partial charge on any atom is 0.320 e. The highest BCUT2D eigenvalue weighted by molar-refractivity contribution is 5.95. The van der Waals surface area contributed by atoms with Crippen LogP contribution in [-0.2, 0) is 32.2 Å². The number of esters is 2. The Bertz CT molecular complexity index is 838. The number of ether oxygens (including phenoxy) is 2. The highest BCUT2D eigenvalue weighted by Gasteiger charge is 2.37. The molecule has 210 valence electrons. The molecule has 0 spiro atoms. The molecule has 2 N–H and O–H groups in total. The number of rotatable bonds is 19. The van der Waals surface area contributed by atoms with Crippen molar-refractivity contribution in [3.63, 3.8) is 0 Å². The molecule has 2 aromatic carbocycles. The molecule has 0 aromatic heterocycles. The Hall–Kier alpha value is -2.78. The van der Waals surface area contributed by atoms with Gasteiger partial charge in [-0.25, -0.2) is 0 Å². The Morgan fingerprint density at radius 3 is 1.42 bits per heavy atom. The lowest BCUT2D eigenvalue weighted by Crippen LogP contribution is -2.39. The molecule has 8 nitrogen and oxygen atoms in total. The SMILES string of the molecule is CCOC(=O)C(C(=O)OCC)C(CCN(CCO)Cc1ccccc1)CCN(CCO)Cc1ccccc1. The first-order valence-corrected chi connectivity index (χ1v) is 13.6. The number of hydrogen-bond donors (Lipinski definition) is 2. The van der Waals surface area contributed by atoms with Crippen LogP contribution in [0.2, 0.25) is 0 Å². The van der Waals surface area contributed by atoms with Crippen molar-refractivity contribution in [1.82, 2.24) is 9.80 Å². The van der Waals surface area contributed by atoms with Crippen molar-refractivity contribution in [3.05, 3.63) is 71.8 Å². The van der Waals surface area contributed by atoms with E-state index in [1.165, 1.54) is 0 Å². The minimum Gasteiger partial charge on any atom is -0.465 e. The third kappa shape index (κ3) is 11.3. The molecule has 0 aliphatic heterocycles. The second-order valence-corrected chi connectivity index (χ2v) is 9.29. The lowest BCUT2D eigenvalue weighted by molar-refractivity contribution is -0.165. The van der Waals surface area contributed by atoms with Crippen LogP contribution in [0.15, 0.2) is 60.7 Å². The summed E-state index contributed by atoms with van der Waals surface area (Å²) in [7, 11) is 0. The molecule has 0 fully saturated rings. The highest BCUT2D eigenvalue weighted by Crippen LogP contribution is 2.25. The number of carbonyl (C=O) groups excluding carboxylic acids is 2. The number of nitrogens with zero attached hydrogens (tertiary/aromatic N) is 2. The zero-order valence-corrected chi connectivity index (χ0v) is 22.8. The molecule has 0 heterocycles. The Balaban J connectivity index is 2.22. The quantitative estimate of drug-likeness (QED) is 0.212. The van der Waals surface area contributed by atoms with Crippen molar-refractivity contribution >= 4 is 11.9 Å². The summed E-state index contributed by atoms with van der Waals surface area (Å²) in [6.07, 6.45) is 1.10. The van der Waals surface area contributed by atoms with Crippen molar-refractivity contribution in [2.24, 2.45) is 11.8 Å². The van der Waals surface area contributed by atoms with Gasteiger partial charge in [-0.1, -0.05) is 60.7 Å². The van der Waals surface area contributed by atoms with Crippen LogP contribution in [-0.4, -0.2) is 84.6 Å². The van der Waals surface area contributed by atoms with Crippen LogP contribution in [0, 0.1) is 11.8 Å². The minimum absolute atomic E-state index is 0.0119. The van der Waals surface area contributed by atoms with Gasteiger partial charge < -0.3 is 19.7 Å². The van der Waals surface area contributed by atoms with Gasteiger partial charge in [-0.05, 0) is 56.8 Å². The number of benzene rings is 2. The maximum atomic E-state index is 13.0. The average molecular weight is 529 g/mol. The highest BCUT2D eigenvalue weighted by atomic mass is 16.6. The zero-order chi connectivity index (χ0) is 27.6. The van der Waals surface area contributed by atoms with Gasteiger partial charge in [0.25, 0.3) is 0 Å². The molecule has 8 heteroatoms. The molecule has 0 aliphatic carbocycles. The zero-order valence-electron chi connectivity index (χ0n) is 22.8. The van der Waals surface area contributed by atoms with E-state index in [0.29, 0.717) is 52.1 Å². The van der Waals surface area contributed by atoms with Crippen molar-refractivity contribution in [2.45, 2.75) is 39.8 Å². The molecule has 0 saturated carbocycles. The second-order valence-electron chi connectivity index (χ2n) is 9.29. The molecule has 0 saturated heterocycles. The van der Waals surface area contributed by atoms with Gasteiger partial charge in [-0.2, -0.15) is 0 Å². The summed E-state index contributed by atoms with van der Waals surface area (Å²) in [5.74, 6) is -2.49. The van der Waals surface area contributed by atoms with Gasteiger partial charge in [0.15, 0.2) is 5.92 Å². The second kappa shape index (κ2) is 18.5. The molecular formula is C30H44N2O6. The smallest absolute Gasteiger partial charge is 0.320 e. The largest absolute Gasteiger partial charge is 0.465 e. The Morgan fingerprint density at radius 1 is 0.684 bits per heavy atom. The fourth-order valence-electron chi connectivity index (χ4n) is 4.63. The van der Waals surface area contributed by atoms with E-state index >= 15 is 0 Å². The molecule has 0 radical (unpaired) electrons. The van der Waals surface area contributed by atoms with Gasteiger partial charge in [0.05, 0.1) is 26.4 Å². The van der Waals surface area contributed by atoms with Gasteiger partial charge in [-0.3, -0.25) is 19.4 Å². The fourth-order valence-corrected chi connectivity index (χ4v) is 4.63. The molecule has 0 atom stereocenters. The van der Waals surface area contributed by atoms with Gasteiger partial charge in [0, 0.05) is 26.2 Å². The number of carbonyl (C=O) groups is 2. The molecular weight excluding hydrogens is 484 g/mol. The predicted molar refractivity (Wildman–Crippen MR) is 147 cm³/mol. The molecule has 0 aliphatic rings. The molecule has 0 unspecified atom stereocenters. The van der Waals surface area contributed by atoms with Crippen LogP contribution in [0.25, 0.3) is 0 Å². The van der Waals surface area contributed by atoms with E-state index in [4.69, 9.17) is 9.47 Å². The summed E-state index contributed by atoms with van der Waals surface area (Å²) in [5.41, 5.74) is 2.25. The Kier molecular flexibility index (Phi) is 15.3. The van der Waals surface area contributed by atoms with Crippen LogP contribution in [0.4, 0.5) is 0 Å². The summed E-state index contributed by atoms with van der Waals surface area (Å²) in [4.78, 5) is 30.2. The Morgan fingerprint density at radius 2 is 1.08 bits per heavy atom. The van der Waals surface area contributed by atoms with Gasteiger partial charge in [0.1, 0.15) is 0 Å². The monoisotopic (exact) mass is 528 g/mol. The van der Waals surface area contributed by atoms with E-state index in [-0.39, 0.29) is 32.3 Å². The topological polar surface area (TPSA) is 99.5 Å². The number of aliphatic hydroxyl groups is 2. The maximum absolute atomic E-state index is 13.0. The van der Waals surface area contributed by atoms with Gasteiger partial charge in [0.2, 0.25) is 0 Å². The first-order chi connectivity index (χ1) is 18.5.